The monoisotopic (exact) mass is 182 g/mol. The maximum atomic E-state index is 13.3. The molecule has 4 unspecified atom stereocenters. The summed E-state index contributed by atoms with van der Waals surface area (Å²) in [4.78, 5) is 0. The molecular weight excluding hydrogens is 174 g/mol. The van der Waals surface area contributed by atoms with Crippen LogP contribution < -0.4 is 0 Å². The van der Waals surface area contributed by atoms with Gasteiger partial charge in [-0.15, -0.1) is 0 Å². The van der Waals surface area contributed by atoms with Gasteiger partial charge in [-0.1, -0.05) is 0 Å². The number of hydrogen-bond donors (Lipinski definition) is 0. The van der Waals surface area contributed by atoms with Crippen molar-refractivity contribution in [3.8, 4) is 0 Å². The summed E-state index contributed by atoms with van der Waals surface area (Å²) in [6, 6.07) is 0. The van der Waals surface area contributed by atoms with Gasteiger partial charge < -0.3 is 4.74 Å². The summed E-state index contributed by atoms with van der Waals surface area (Å²) in [5.74, 6) is -2.92. The third-order valence-electron chi connectivity index (χ3n) is 2.51. The molecule has 0 aromatic carbocycles. The van der Waals surface area contributed by atoms with E-state index in [0.717, 1.165) is 0 Å². The highest BCUT2D eigenvalue weighted by Gasteiger charge is 2.70. The first kappa shape index (κ1) is 9.89. The maximum absolute atomic E-state index is 13.3. The lowest BCUT2D eigenvalue weighted by atomic mass is 9.66. The van der Waals surface area contributed by atoms with Crippen LogP contribution in [-0.4, -0.2) is 39.0 Å². The van der Waals surface area contributed by atoms with Crippen molar-refractivity contribution in [1.29, 1.82) is 0 Å². The zero-order chi connectivity index (χ0) is 9.78. The Kier molecular flexibility index (Phi) is 1.80. The van der Waals surface area contributed by atoms with Crippen LogP contribution in [-0.2, 0) is 4.74 Å². The van der Waals surface area contributed by atoms with E-state index in [9.17, 15) is 17.6 Å². The van der Waals surface area contributed by atoms with E-state index in [0.29, 0.717) is 22.6 Å². The third-order valence-corrected chi connectivity index (χ3v) is 2.51. The molecule has 1 aliphatic heterocycles. The van der Waals surface area contributed by atoms with E-state index < -0.39 is 23.3 Å². The largest absolute Gasteiger partial charge is 0.314 e. The number of rotatable bonds is 0. The van der Waals surface area contributed by atoms with Crippen LogP contribution in [0.3, 0.4) is 0 Å². The molecular formula is C5H8B2F4O. The van der Waals surface area contributed by atoms with Crippen molar-refractivity contribution in [3.63, 3.8) is 0 Å². The normalized spacial score (nSPS) is 60.6. The van der Waals surface area contributed by atoms with Crippen molar-refractivity contribution < 1.29 is 22.3 Å². The highest BCUT2D eigenvalue weighted by molar-refractivity contribution is 6.20. The van der Waals surface area contributed by atoms with Gasteiger partial charge in [0.15, 0.2) is 26.9 Å². The standard InChI is InChI=1S/C5H8B2F4O/c1-3(9)4(6,10)2(8)12-5(3,7)11/h2H,6-7H2,1H3. The molecule has 12 heavy (non-hydrogen) atoms. The molecule has 0 N–H and O–H groups in total. The molecule has 0 aromatic heterocycles. The van der Waals surface area contributed by atoms with Crippen LogP contribution in [0.25, 0.3) is 0 Å². The quantitative estimate of drug-likeness (QED) is 0.365. The SMILES string of the molecule is BC1(F)OC(F)C(B)(F)C1(C)F. The minimum Gasteiger partial charge on any atom is -0.314 e. The highest BCUT2D eigenvalue weighted by Crippen LogP contribution is 2.49. The second kappa shape index (κ2) is 2.19. The molecule has 1 aliphatic rings. The molecule has 68 valence electrons. The zero-order valence-corrected chi connectivity index (χ0v) is 7.00. The van der Waals surface area contributed by atoms with Crippen LogP contribution in [0.2, 0.25) is 0 Å². The van der Waals surface area contributed by atoms with E-state index in [2.05, 4.69) is 4.74 Å². The molecule has 0 spiro atoms. The van der Waals surface area contributed by atoms with Gasteiger partial charge in [-0.25, -0.2) is 17.6 Å². The first-order valence-electron chi connectivity index (χ1n) is 3.51. The summed E-state index contributed by atoms with van der Waals surface area (Å²) in [5.41, 5.74) is -5.92. The Bertz CT molecular complexity index is 206. The Morgan fingerprint density at radius 2 is 1.67 bits per heavy atom. The van der Waals surface area contributed by atoms with Gasteiger partial charge in [-0.3, -0.25) is 0 Å². The fourth-order valence-corrected chi connectivity index (χ4v) is 1.07. The fraction of sp³-hybridized carbons (Fsp3) is 1.00. The van der Waals surface area contributed by atoms with Crippen molar-refractivity contribution in [1.82, 2.24) is 0 Å². The Morgan fingerprint density at radius 1 is 1.25 bits per heavy atom. The van der Waals surface area contributed by atoms with Gasteiger partial charge >= 0.3 is 0 Å². The summed E-state index contributed by atoms with van der Waals surface area (Å²) < 4.78 is 56.0. The number of halogens is 4. The fourth-order valence-electron chi connectivity index (χ4n) is 1.07. The summed E-state index contributed by atoms with van der Waals surface area (Å²) in [5, 5.41) is 0. The van der Waals surface area contributed by atoms with E-state index in [4.69, 9.17) is 0 Å². The Balaban J connectivity index is 3.10. The van der Waals surface area contributed by atoms with Crippen molar-refractivity contribution >= 4 is 15.7 Å². The first-order valence-corrected chi connectivity index (χ1v) is 3.51. The van der Waals surface area contributed by atoms with Gasteiger partial charge in [0, 0.05) is 0 Å². The number of hydrogen-bond acceptors (Lipinski definition) is 1. The predicted octanol–water partition coefficient (Wildman–Crippen LogP) is -0.404. The Labute approximate surface area is 69.3 Å². The summed E-state index contributed by atoms with van der Waals surface area (Å²) in [6.45, 7) is 0.645. The minimum absolute atomic E-state index is 0.641. The van der Waals surface area contributed by atoms with Crippen LogP contribution >= 0.6 is 0 Å². The van der Waals surface area contributed by atoms with Gasteiger partial charge in [0.1, 0.15) is 0 Å². The molecule has 1 rings (SSSR count). The van der Waals surface area contributed by atoms with Crippen LogP contribution in [0.4, 0.5) is 17.6 Å². The van der Waals surface area contributed by atoms with Gasteiger partial charge in [-0.05, 0) is 6.92 Å². The number of alkyl halides is 4. The molecule has 0 aromatic rings. The van der Waals surface area contributed by atoms with Gasteiger partial charge in [-0.2, -0.15) is 0 Å². The molecule has 0 radical (unpaired) electrons. The van der Waals surface area contributed by atoms with Crippen molar-refractivity contribution in [2.45, 2.75) is 30.3 Å². The van der Waals surface area contributed by atoms with E-state index in [1.807, 2.05) is 0 Å². The smallest absolute Gasteiger partial charge is 0.230 e. The predicted molar refractivity (Wildman–Crippen MR) is 40.3 cm³/mol. The molecule has 4 atom stereocenters. The lowest BCUT2D eigenvalue weighted by molar-refractivity contribution is -0.148. The molecule has 0 aliphatic carbocycles. The molecule has 0 amide bonds. The van der Waals surface area contributed by atoms with E-state index in [1.54, 1.807) is 0 Å². The molecule has 7 heteroatoms. The lowest BCUT2D eigenvalue weighted by Gasteiger charge is -2.30. The van der Waals surface area contributed by atoms with Crippen LogP contribution in [0.15, 0.2) is 0 Å². The summed E-state index contributed by atoms with van der Waals surface area (Å²) in [6.07, 6.45) is -2.57. The Morgan fingerprint density at radius 3 is 1.75 bits per heavy atom. The van der Waals surface area contributed by atoms with Crippen LogP contribution in [0.5, 0.6) is 0 Å². The third kappa shape index (κ3) is 0.917. The van der Waals surface area contributed by atoms with Gasteiger partial charge in [0.2, 0.25) is 12.1 Å². The topological polar surface area (TPSA) is 9.23 Å². The molecule has 1 fully saturated rings. The summed E-state index contributed by atoms with van der Waals surface area (Å²) >= 11 is 0. The maximum Gasteiger partial charge on any atom is 0.230 e. The molecule has 0 saturated carbocycles. The average molecular weight is 182 g/mol. The zero-order valence-electron chi connectivity index (χ0n) is 7.00. The molecule has 1 nitrogen and oxygen atoms in total. The number of ether oxygens (including phenoxy) is 1. The van der Waals surface area contributed by atoms with Crippen LogP contribution in [0.1, 0.15) is 6.92 Å². The highest BCUT2D eigenvalue weighted by atomic mass is 19.2. The minimum atomic E-state index is -2.97. The van der Waals surface area contributed by atoms with E-state index in [1.165, 1.54) is 0 Å². The second-order valence-electron chi connectivity index (χ2n) is 3.43. The lowest BCUT2D eigenvalue weighted by Crippen LogP contribution is -2.55. The Hall–Kier alpha value is -0.190. The van der Waals surface area contributed by atoms with Gasteiger partial charge in [0.05, 0.1) is 0 Å². The molecule has 0 bridgehead atoms. The first-order chi connectivity index (χ1) is 5.13. The average Bonchev–Trinajstić information content (AvgIpc) is 1.92. The second-order valence-corrected chi connectivity index (χ2v) is 3.43. The molecule has 1 saturated heterocycles. The van der Waals surface area contributed by atoms with E-state index in [-0.39, 0.29) is 0 Å². The van der Waals surface area contributed by atoms with Crippen molar-refractivity contribution in [3.05, 3.63) is 0 Å². The van der Waals surface area contributed by atoms with Crippen molar-refractivity contribution in [2.75, 3.05) is 0 Å². The molecule has 1 heterocycles. The van der Waals surface area contributed by atoms with E-state index >= 15 is 0 Å². The van der Waals surface area contributed by atoms with Crippen LogP contribution in [0, 0.1) is 0 Å². The van der Waals surface area contributed by atoms with Crippen molar-refractivity contribution in [2.24, 2.45) is 0 Å². The van der Waals surface area contributed by atoms with Gasteiger partial charge in [0.25, 0.3) is 0 Å². The summed E-state index contributed by atoms with van der Waals surface area (Å²) in [7, 11) is 1.31.